The van der Waals surface area contributed by atoms with E-state index < -0.39 is 0 Å². The number of hydrogen-bond acceptors (Lipinski definition) is 1. The summed E-state index contributed by atoms with van der Waals surface area (Å²) in [5.74, 6) is 1.85. The molecule has 0 aromatic rings. The average molecular weight is 179 g/mol. The van der Waals surface area contributed by atoms with Crippen LogP contribution >= 0.6 is 0 Å². The number of fused-ring (bicyclic) bond motifs is 3. The fourth-order valence-electron chi connectivity index (χ4n) is 4.83. The molecule has 1 heteroatoms. The van der Waals surface area contributed by atoms with Crippen LogP contribution in [0.25, 0.3) is 0 Å². The fraction of sp³-hybridized carbons (Fsp3) is 1.00. The minimum Gasteiger partial charge on any atom is -0.325 e. The minimum absolute atomic E-state index is 0.187. The molecule has 0 radical (unpaired) electrons. The largest absolute Gasteiger partial charge is 0.325 e. The van der Waals surface area contributed by atoms with Crippen LogP contribution in [-0.4, -0.2) is 5.54 Å². The first-order valence-corrected chi connectivity index (χ1v) is 5.96. The molecule has 2 bridgehead atoms. The lowest BCUT2D eigenvalue weighted by Gasteiger charge is -2.47. The predicted octanol–water partition coefficient (Wildman–Crippen LogP) is 2.69. The molecule has 2 N–H and O–H groups in total. The fourth-order valence-corrected chi connectivity index (χ4v) is 4.83. The Hall–Kier alpha value is -0.0400. The van der Waals surface area contributed by atoms with Gasteiger partial charge < -0.3 is 5.73 Å². The lowest BCUT2D eigenvalue weighted by molar-refractivity contribution is 0.0677. The second-order valence-corrected chi connectivity index (χ2v) is 5.85. The monoisotopic (exact) mass is 179 g/mol. The van der Waals surface area contributed by atoms with Gasteiger partial charge in [0.2, 0.25) is 0 Å². The van der Waals surface area contributed by atoms with Crippen molar-refractivity contribution in [2.75, 3.05) is 0 Å². The smallest absolute Gasteiger partial charge is 0.0214 e. The summed E-state index contributed by atoms with van der Waals surface area (Å²) in [4.78, 5) is 0. The van der Waals surface area contributed by atoms with Crippen molar-refractivity contribution in [3.63, 3.8) is 0 Å². The summed E-state index contributed by atoms with van der Waals surface area (Å²) in [7, 11) is 0. The normalized spacial score (nSPS) is 52.2. The van der Waals surface area contributed by atoms with Gasteiger partial charge in [-0.2, -0.15) is 0 Å². The van der Waals surface area contributed by atoms with Crippen LogP contribution in [0.1, 0.15) is 51.9 Å². The minimum atomic E-state index is 0.187. The van der Waals surface area contributed by atoms with Crippen molar-refractivity contribution in [3.05, 3.63) is 0 Å². The summed E-state index contributed by atoms with van der Waals surface area (Å²) in [6.45, 7) is 2.35. The molecule has 3 atom stereocenters. The maximum Gasteiger partial charge on any atom is 0.0214 e. The number of rotatable bonds is 0. The molecule has 0 aromatic heterocycles. The van der Waals surface area contributed by atoms with Gasteiger partial charge in [0.25, 0.3) is 0 Å². The van der Waals surface area contributed by atoms with Gasteiger partial charge in [0.15, 0.2) is 0 Å². The van der Waals surface area contributed by atoms with Gasteiger partial charge in [-0.3, -0.25) is 0 Å². The van der Waals surface area contributed by atoms with Gasteiger partial charge in [-0.05, 0) is 56.3 Å². The van der Waals surface area contributed by atoms with E-state index in [0.29, 0.717) is 5.41 Å². The van der Waals surface area contributed by atoms with Gasteiger partial charge in [0.05, 0.1) is 0 Å². The molecular weight excluding hydrogens is 158 g/mol. The highest BCUT2D eigenvalue weighted by atomic mass is 14.9. The van der Waals surface area contributed by atoms with Crippen LogP contribution in [0.3, 0.4) is 0 Å². The van der Waals surface area contributed by atoms with E-state index in [1.807, 2.05) is 0 Å². The zero-order chi connectivity index (χ0) is 9.10. The molecule has 0 aromatic carbocycles. The molecule has 0 aliphatic heterocycles. The Balaban J connectivity index is 2.02. The highest BCUT2D eigenvalue weighted by Gasteiger charge is 2.63. The zero-order valence-corrected chi connectivity index (χ0v) is 8.68. The molecule has 74 valence electrons. The maximum absolute atomic E-state index is 6.60. The van der Waals surface area contributed by atoms with Gasteiger partial charge in [-0.25, -0.2) is 0 Å². The Bertz CT molecular complexity index is 225. The topological polar surface area (TPSA) is 26.0 Å². The van der Waals surface area contributed by atoms with E-state index in [9.17, 15) is 0 Å². The van der Waals surface area contributed by atoms with Crippen molar-refractivity contribution < 1.29 is 0 Å². The molecule has 3 rings (SSSR count). The van der Waals surface area contributed by atoms with Crippen molar-refractivity contribution in [2.45, 2.75) is 57.4 Å². The van der Waals surface area contributed by atoms with Gasteiger partial charge >= 0.3 is 0 Å². The van der Waals surface area contributed by atoms with Crippen molar-refractivity contribution >= 4 is 0 Å². The van der Waals surface area contributed by atoms with E-state index in [0.717, 1.165) is 11.8 Å². The predicted molar refractivity (Wildman–Crippen MR) is 54.3 cm³/mol. The lowest BCUT2D eigenvalue weighted by Crippen LogP contribution is -2.55. The van der Waals surface area contributed by atoms with Crippen LogP contribution in [-0.2, 0) is 0 Å². The lowest BCUT2D eigenvalue weighted by atomic mass is 9.61. The zero-order valence-electron chi connectivity index (χ0n) is 8.68. The van der Waals surface area contributed by atoms with E-state index >= 15 is 0 Å². The number of nitrogens with two attached hydrogens (primary N) is 1. The quantitative estimate of drug-likeness (QED) is 0.608. The van der Waals surface area contributed by atoms with Crippen molar-refractivity contribution in [2.24, 2.45) is 23.0 Å². The summed E-state index contributed by atoms with van der Waals surface area (Å²) >= 11 is 0. The summed E-state index contributed by atoms with van der Waals surface area (Å²) in [5.41, 5.74) is 7.37. The van der Waals surface area contributed by atoms with E-state index in [1.165, 1.54) is 44.9 Å². The van der Waals surface area contributed by atoms with Gasteiger partial charge in [-0.1, -0.05) is 12.8 Å². The standard InChI is InChI=1S/C12H21N/c1-11(13)9-4-5-10(8-9)12(11)6-2-3-7-12/h9-10H,2-8,13H2,1H3. The van der Waals surface area contributed by atoms with Crippen molar-refractivity contribution in [1.29, 1.82) is 0 Å². The van der Waals surface area contributed by atoms with E-state index in [1.54, 1.807) is 0 Å². The summed E-state index contributed by atoms with van der Waals surface area (Å²) in [5, 5.41) is 0. The van der Waals surface area contributed by atoms with Crippen LogP contribution in [0.4, 0.5) is 0 Å². The van der Waals surface area contributed by atoms with E-state index in [-0.39, 0.29) is 5.54 Å². The van der Waals surface area contributed by atoms with E-state index in [2.05, 4.69) is 6.92 Å². The first-order chi connectivity index (χ1) is 6.17. The van der Waals surface area contributed by atoms with Gasteiger partial charge in [0.1, 0.15) is 0 Å². The van der Waals surface area contributed by atoms with Crippen LogP contribution in [0.2, 0.25) is 0 Å². The van der Waals surface area contributed by atoms with Gasteiger partial charge in [-0.15, -0.1) is 0 Å². The SMILES string of the molecule is CC1(N)C2CCC(C2)C12CCCC2. The van der Waals surface area contributed by atoms with Crippen molar-refractivity contribution in [3.8, 4) is 0 Å². The second kappa shape index (κ2) is 2.31. The first kappa shape index (κ1) is 8.28. The molecular formula is C12H21N. The molecule has 0 heterocycles. The van der Waals surface area contributed by atoms with Crippen LogP contribution in [0.15, 0.2) is 0 Å². The highest BCUT2D eigenvalue weighted by molar-refractivity contribution is 5.17. The molecule has 1 spiro atoms. The summed E-state index contributed by atoms with van der Waals surface area (Å²) in [6.07, 6.45) is 10.1. The van der Waals surface area contributed by atoms with Crippen LogP contribution in [0, 0.1) is 17.3 Å². The Labute approximate surface area is 81.1 Å². The summed E-state index contributed by atoms with van der Waals surface area (Å²) < 4.78 is 0. The molecule has 0 amide bonds. The van der Waals surface area contributed by atoms with Crippen LogP contribution in [0.5, 0.6) is 0 Å². The third-order valence-corrected chi connectivity index (χ3v) is 5.63. The molecule has 0 saturated heterocycles. The average Bonchev–Trinajstić information content (AvgIpc) is 2.75. The molecule has 3 saturated carbocycles. The molecule has 3 aliphatic carbocycles. The Morgan fingerprint density at radius 1 is 1.08 bits per heavy atom. The molecule has 3 unspecified atom stereocenters. The Morgan fingerprint density at radius 3 is 2.23 bits per heavy atom. The van der Waals surface area contributed by atoms with Crippen molar-refractivity contribution in [1.82, 2.24) is 0 Å². The summed E-state index contributed by atoms with van der Waals surface area (Å²) in [6, 6.07) is 0. The molecule has 13 heavy (non-hydrogen) atoms. The van der Waals surface area contributed by atoms with E-state index in [4.69, 9.17) is 5.73 Å². The second-order valence-electron chi connectivity index (χ2n) is 5.85. The first-order valence-electron chi connectivity index (χ1n) is 5.96. The maximum atomic E-state index is 6.60. The Kier molecular flexibility index (Phi) is 1.47. The molecule has 3 fully saturated rings. The third-order valence-electron chi connectivity index (χ3n) is 5.63. The molecule has 3 aliphatic rings. The third kappa shape index (κ3) is 0.782. The Morgan fingerprint density at radius 2 is 1.69 bits per heavy atom. The van der Waals surface area contributed by atoms with Crippen LogP contribution < -0.4 is 5.73 Å². The van der Waals surface area contributed by atoms with Gasteiger partial charge in [0, 0.05) is 5.54 Å². The number of hydrogen-bond donors (Lipinski definition) is 1. The molecule has 1 nitrogen and oxygen atoms in total. The highest BCUT2D eigenvalue weighted by Crippen LogP contribution is 2.66.